The zero-order chi connectivity index (χ0) is 14.1. The van der Waals surface area contributed by atoms with E-state index < -0.39 is 5.97 Å². The van der Waals surface area contributed by atoms with Crippen molar-refractivity contribution in [2.45, 2.75) is 12.8 Å². The Bertz CT molecular complexity index is 650. The molecule has 1 aromatic carbocycles. The van der Waals surface area contributed by atoms with E-state index in [0.717, 1.165) is 41.4 Å². The molecular formula is C15H15NO3S. The maximum Gasteiger partial charge on any atom is 0.345 e. The number of methoxy groups -OCH3 is 1. The lowest BCUT2D eigenvalue weighted by atomic mass is 10.1. The Morgan fingerprint density at radius 2 is 2.25 bits per heavy atom. The molecular weight excluding hydrogens is 274 g/mol. The molecule has 1 N–H and O–H groups in total. The number of aryl methyl sites for hydroxylation is 1. The van der Waals surface area contributed by atoms with Crippen molar-refractivity contribution in [2.24, 2.45) is 0 Å². The number of carbonyl (C=O) groups is 1. The Labute approximate surface area is 121 Å². The van der Waals surface area contributed by atoms with Gasteiger partial charge in [0, 0.05) is 18.3 Å². The zero-order valence-corrected chi connectivity index (χ0v) is 11.9. The predicted octanol–water partition coefficient (Wildman–Crippen LogP) is 3.54. The summed E-state index contributed by atoms with van der Waals surface area (Å²) in [5, 5.41) is 10.2. The second kappa shape index (κ2) is 5.17. The summed E-state index contributed by atoms with van der Waals surface area (Å²) in [6.07, 6.45) is 1.97. The summed E-state index contributed by atoms with van der Waals surface area (Å²) in [5.41, 5.74) is 2.17. The molecule has 4 nitrogen and oxygen atoms in total. The minimum atomic E-state index is -0.852. The van der Waals surface area contributed by atoms with Crippen molar-refractivity contribution in [3.8, 4) is 5.75 Å². The second-order valence-electron chi connectivity index (χ2n) is 4.70. The zero-order valence-electron chi connectivity index (χ0n) is 11.1. The lowest BCUT2D eigenvalue weighted by molar-refractivity contribution is 0.0702. The summed E-state index contributed by atoms with van der Waals surface area (Å²) in [6, 6.07) is 9.67. The van der Waals surface area contributed by atoms with Crippen LogP contribution in [0.15, 0.2) is 30.3 Å². The largest absolute Gasteiger partial charge is 0.497 e. The SMILES string of the molecule is COc1cccc(N2CCCc3cc(C(=O)O)sc32)c1. The van der Waals surface area contributed by atoms with E-state index in [0.29, 0.717) is 4.88 Å². The van der Waals surface area contributed by atoms with Crippen molar-refractivity contribution >= 4 is 28.0 Å². The molecule has 2 aromatic rings. The number of ether oxygens (including phenoxy) is 1. The van der Waals surface area contributed by atoms with Crippen LogP contribution in [0.4, 0.5) is 10.7 Å². The van der Waals surface area contributed by atoms with Crippen LogP contribution >= 0.6 is 11.3 Å². The van der Waals surface area contributed by atoms with Crippen LogP contribution in [-0.4, -0.2) is 24.7 Å². The van der Waals surface area contributed by atoms with Gasteiger partial charge in [-0.2, -0.15) is 0 Å². The van der Waals surface area contributed by atoms with Crippen molar-refractivity contribution in [3.05, 3.63) is 40.8 Å². The first-order chi connectivity index (χ1) is 9.69. The molecule has 0 atom stereocenters. The summed E-state index contributed by atoms with van der Waals surface area (Å²) in [5.74, 6) is -0.0420. The van der Waals surface area contributed by atoms with Crippen molar-refractivity contribution in [1.29, 1.82) is 0 Å². The third-order valence-corrected chi connectivity index (χ3v) is 4.62. The van der Waals surface area contributed by atoms with Gasteiger partial charge in [0.15, 0.2) is 0 Å². The number of aromatic carboxylic acids is 1. The molecule has 1 aliphatic rings. The molecule has 104 valence electrons. The Balaban J connectivity index is 2.02. The van der Waals surface area contributed by atoms with Gasteiger partial charge < -0.3 is 14.7 Å². The number of rotatable bonds is 3. The molecule has 0 spiro atoms. The number of carboxylic acids is 1. The molecule has 0 saturated heterocycles. The van der Waals surface area contributed by atoms with E-state index >= 15 is 0 Å². The number of thiophene rings is 1. The fraction of sp³-hybridized carbons (Fsp3) is 0.267. The van der Waals surface area contributed by atoms with Gasteiger partial charge in [-0.05, 0) is 36.6 Å². The van der Waals surface area contributed by atoms with Crippen LogP contribution < -0.4 is 9.64 Å². The van der Waals surface area contributed by atoms with Gasteiger partial charge in [-0.3, -0.25) is 0 Å². The molecule has 3 rings (SSSR count). The Hall–Kier alpha value is -2.01. The maximum absolute atomic E-state index is 11.1. The first-order valence-electron chi connectivity index (χ1n) is 6.46. The predicted molar refractivity (Wildman–Crippen MR) is 79.6 cm³/mol. The monoisotopic (exact) mass is 289 g/mol. The molecule has 0 bridgehead atoms. The number of hydrogen-bond donors (Lipinski definition) is 1. The molecule has 0 aliphatic carbocycles. The van der Waals surface area contributed by atoms with Gasteiger partial charge in [-0.15, -0.1) is 11.3 Å². The highest BCUT2D eigenvalue weighted by atomic mass is 32.1. The normalized spacial score (nSPS) is 13.9. The van der Waals surface area contributed by atoms with Gasteiger partial charge in [-0.1, -0.05) is 6.07 Å². The van der Waals surface area contributed by atoms with Crippen LogP contribution in [-0.2, 0) is 6.42 Å². The van der Waals surface area contributed by atoms with Crippen molar-refractivity contribution in [1.82, 2.24) is 0 Å². The van der Waals surface area contributed by atoms with E-state index in [-0.39, 0.29) is 0 Å². The number of benzene rings is 1. The van der Waals surface area contributed by atoms with E-state index in [1.165, 1.54) is 11.3 Å². The smallest absolute Gasteiger partial charge is 0.345 e. The maximum atomic E-state index is 11.1. The minimum absolute atomic E-state index is 0.407. The molecule has 0 fully saturated rings. The summed E-state index contributed by atoms with van der Waals surface area (Å²) < 4.78 is 5.26. The number of carboxylic acid groups (broad SMARTS) is 1. The van der Waals surface area contributed by atoms with Crippen LogP contribution in [0.1, 0.15) is 21.7 Å². The number of hydrogen-bond acceptors (Lipinski definition) is 4. The Morgan fingerprint density at radius 3 is 3.00 bits per heavy atom. The first kappa shape index (κ1) is 13.0. The molecule has 0 saturated carbocycles. The molecule has 0 unspecified atom stereocenters. The fourth-order valence-electron chi connectivity index (χ4n) is 2.49. The average Bonchev–Trinajstić information content (AvgIpc) is 2.91. The molecule has 0 radical (unpaired) electrons. The van der Waals surface area contributed by atoms with E-state index in [2.05, 4.69) is 4.90 Å². The van der Waals surface area contributed by atoms with Crippen LogP contribution in [0.2, 0.25) is 0 Å². The number of anilines is 2. The minimum Gasteiger partial charge on any atom is -0.497 e. The van der Waals surface area contributed by atoms with E-state index in [1.807, 2.05) is 24.3 Å². The van der Waals surface area contributed by atoms with Gasteiger partial charge in [0.05, 0.1) is 12.1 Å². The number of nitrogens with zero attached hydrogens (tertiary/aromatic N) is 1. The van der Waals surface area contributed by atoms with Gasteiger partial charge in [0.25, 0.3) is 0 Å². The van der Waals surface area contributed by atoms with Crippen LogP contribution in [0.5, 0.6) is 5.75 Å². The van der Waals surface area contributed by atoms with Crippen LogP contribution in [0, 0.1) is 0 Å². The molecule has 1 aromatic heterocycles. The summed E-state index contributed by atoms with van der Waals surface area (Å²) >= 11 is 1.35. The first-order valence-corrected chi connectivity index (χ1v) is 7.28. The van der Waals surface area contributed by atoms with Gasteiger partial charge >= 0.3 is 5.97 Å². The third kappa shape index (κ3) is 2.25. The molecule has 1 aliphatic heterocycles. The highest BCUT2D eigenvalue weighted by Crippen LogP contribution is 2.40. The summed E-state index contributed by atoms with van der Waals surface area (Å²) in [7, 11) is 1.65. The summed E-state index contributed by atoms with van der Waals surface area (Å²) in [4.78, 5) is 13.7. The highest BCUT2D eigenvalue weighted by Gasteiger charge is 2.23. The van der Waals surface area contributed by atoms with Crippen LogP contribution in [0.25, 0.3) is 0 Å². The molecule has 5 heteroatoms. The van der Waals surface area contributed by atoms with Crippen molar-refractivity contribution in [3.63, 3.8) is 0 Å². The van der Waals surface area contributed by atoms with Crippen molar-refractivity contribution < 1.29 is 14.6 Å². The van der Waals surface area contributed by atoms with Crippen LogP contribution in [0.3, 0.4) is 0 Å². The van der Waals surface area contributed by atoms with E-state index in [1.54, 1.807) is 13.2 Å². The van der Waals surface area contributed by atoms with E-state index in [9.17, 15) is 4.79 Å². The lowest BCUT2D eigenvalue weighted by Gasteiger charge is -2.28. The molecule has 20 heavy (non-hydrogen) atoms. The third-order valence-electron chi connectivity index (χ3n) is 3.44. The van der Waals surface area contributed by atoms with Gasteiger partial charge in [-0.25, -0.2) is 4.79 Å². The second-order valence-corrected chi connectivity index (χ2v) is 5.73. The Kier molecular flexibility index (Phi) is 3.36. The molecule has 0 amide bonds. The lowest BCUT2D eigenvalue weighted by Crippen LogP contribution is -2.22. The van der Waals surface area contributed by atoms with E-state index in [4.69, 9.17) is 9.84 Å². The number of fused-ring (bicyclic) bond motifs is 1. The quantitative estimate of drug-likeness (QED) is 0.939. The van der Waals surface area contributed by atoms with Gasteiger partial charge in [0.2, 0.25) is 0 Å². The Morgan fingerprint density at radius 1 is 1.40 bits per heavy atom. The fourth-order valence-corrected chi connectivity index (χ4v) is 3.58. The standard InChI is InChI=1S/C15H15NO3S/c1-19-12-6-2-5-11(9-12)16-7-3-4-10-8-13(15(17)18)20-14(10)16/h2,5-6,8-9H,3-4,7H2,1H3,(H,17,18). The molecule has 2 heterocycles. The average molecular weight is 289 g/mol. The van der Waals surface area contributed by atoms with Crippen molar-refractivity contribution in [2.75, 3.05) is 18.6 Å². The topological polar surface area (TPSA) is 49.8 Å². The highest BCUT2D eigenvalue weighted by molar-refractivity contribution is 7.18. The van der Waals surface area contributed by atoms with Gasteiger partial charge in [0.1, 0.15) is 10.6 Å². The summed E-state index contributed by atoms with van der Waals surface area (Å²) in [6.45, 7) is 0.903.